The van der Waals surface area contributed by atoms with Crippen molar-refractivity contribution < 1.29 is 4.79 Å². The van der Waals surface area contributed by atoms with E-state index in [2.05, 4.69) is 15.0 Å². The summed E-state index contributed by atoms with van der Waals surface area (Å²) in [5, 5.41) is 0.407. The number of aromatic nitrogens is 3. The lowest BCUT2D eigenvalue weighted by atomic mass is 10.4. The van der Waals surface area contributed by atoms with Crippen LogP contribution in [-0.4, -0.2) is 20.9 Å². The predicted octanol–water partition coefficient (Wildman–Crippen LogP) is -0.650. The number of carbonyl (C=O) groups excluding carboxylic acids is 1. The van der Waals surface area contributed by atoms with E-state index in [9.17, 15) is 9.59 Å². The van der Waals surface area contributed by atoms with Crippen LogP contribution < -0.4 is 11.3 Å². The number of amides is 1. The van der Waals surface area contributed by atoms with Crippen LogP contribution in [0.2, 0.25) is 0 Å². The third-order valence-corrected chi connectivity index (χ3v) is 1.66. The van der Waals surface area contributed by atoms with E-state index >= 15 is 0 Å². The predicted molar refractivity (Wildman–Crippen MR) is 45.2 cm³/mol. The number of carbonyl (C=O) groups is 1. The summed E-state index contributed by atoms with van der Waals surface area (Å²) < 4.78 is 0. The van der Waals surface area contributed by atoms with Crippen LogP contribution in [0.15, 0.2) is 17.1 Å². The molecule has 2 heterocycles. The van der Waals surface area contributed by atoms with Gasteiger partial charge in [0.05, 0.1) is 5.39 Å². The minimum atomic E-state index is -0.756. The van der Waals surface area contributed by atoms with Gasteiger partial charge < -0.3 is 15.7 Å². The molecule has 66 valence electrons. The largest absolute Gasteiger partial charge is 0.363 e. The Morgan fingerprint density at radius 3 is 3.00 bits per heavy atom. The Balaban J connectivity index is 2.85. The molecule has 0 aromatic carbocycles. The van der Waals surface area contributed by atoms with E-state index < -0.39 is 5.91 Å². The Bertz CT molecular complexity index is 525. The van der Waals surface area contributed by atoms with Gasteiger partial charge in [-0.05, 0) is 6.07 Å². The van der Waals surface area contributed by atoms with Crippen molar-refractivity contribution in [1.82, 2.24) is 15.0 Å². The molecule has 2 aromatic heterocycles. The zero-order chi connectivity index (χ0) is 9.42. The van der Waals surface area contributed by atoms with Crippen molar-refractivity contribution in [2.45, 2.75) is 0 Å². The summed E-state index contributed by atoms with van der Waals surface area (Å²) in [6.45, 7) is 0. The maximum absolute atomic E-state index is 11.2. The monoisotopic (exact) mass is 178 g/mol. The van der Waals surface area contributed by atoms with Gasteiger partial charge in [-0.1, -0.05) is 0 Å². The van der Waals surface area contributed by atoms with Gasteiger partial charge in [-0.2, -0.15) is 0 Å². The van der Waals surface area contributed by atoms with Crippen molar-refractivity contribution in [3.05, 3.63) is 28.4 Å². The van der Waals surface area contributed by atoms with Crippen molar-refractivity contribution in [3.8, 4) is 0 Å². The van der Waals surface area contributed by atoms with E-state index in [0.29, 0.717) is 11.0 Å². The molecule has 0 aliphatic rings. The summed E-state index contributed by atoms with van der Waals surface area (Å²) in [7, 11) is 0. The fraction of sp³-hybridized carbons (Fsp3) is 0. The molecule has 0 fully saturated rings. The zero-order valence-corrected chi connectivity index (χ0v) is 6.50. The summed E-state index contributed by atoms with van der Waals surface area (Å²) >= 11 is 0. The first kappa shape index (κ1) is 7.53. The zero-order valence-electron chi connectivity index (χ0n) is 6.50. The molecule has 0 saturated heterocycles. The number of fused-ring (bicyclic) bond motifs is 1. The number of nitrogens with two attached hydrogens (primary N) is 1. The van der Waals surface area contributed by atoms with Gasteiger partial charge in [0.25, 0.3) is 11.5 Å². The first-order chi connectivity index (χ1) is 6.18. The van der Waals surface area contributed by atoms with Crippen LogP contribution in [0.4, 0.5) is 0 Å². The van der Waals surface area contributed by atoms with Crippen LogP contribution in [0, 0.1) is 0 Å². The quantitative estimate of drug-likeness (QED) is 0.540. The lowest BCUT2D eigenvalue weighted by molar-refractivity contribution is 0.0990. The molecule has 0 unspecified atom stereocenters. The lowest BCUT2D eigenvalue weighted by Gasteiger charge is -1.93. The molecule has 13 heavy (non-hydrogen) atoms. The third kappa shape index (κ3) is 1.08. The van der Waals surface area contributed by atoms with Crippen molar-refractivity contribution >= 4 is 16.9 Å². The molecule has 6 heteroatoms. The topological polar surface area (TPSA) is 105 Å². The van der Waals surface area contributed by atoms with Gasteiger partial charge in [-0.15, -0.1) is 0 Å². The molecule has 4 N–H and O–H groups in total. The van der Waals surface area contributed by atoms with Crippen LogP contribution in [-0.2, 0) is 0 Å². The van der Waals surface area contributed by atoms with Crippen LogP contribution in [0.5, 0.6) is 0 Å². The van der Waals surface area contributed by atoms with Crippen LogP contribution in [0.25, 0.3) is 11.0 Å². The summed E-state index contributed by atoms with van der Waals surface area (Å²) in [5.41, 5.74) is 4.94. The van der Waals surface area contributed by atoms with Gasteiger partial charge in [0, 0.05) is 6.20 Å². The molecule has 0 atom stereocenters. The molecule has 2 rings (SSSR count). The molecule has 0 aliphatic carbocycles. The van der Waals surface area contributed by atoms with E-state index in [1.807, 2.05) is 0 Å². The molecule has 0 bridgehead atoms. The Morgan fingerprint density at radius 2 is 2.31 bits per heavy atom. The summed E-state index contributed by atoms with van der Waals surface area (Å²) in [6.07, 6.45) is 1.57. The van der Waals surface area contributed by atoms with E-state index in [1.54, 1.807) is 12.3 Å². The highest BCUT2D eigenvalue weighted by molar-refractivity contribution is 5.90. The maximum atomic E-state index is 11.2. The van der Waals surface area contributed by atoms with E-state index in [-0.39, 0.29) is 11.4 Å². The van der Waals surface area contributed by atoms with Gasteiger partial charge in [0.2, 0.25) is 5.82 Å². The van der Waals surface area contributed by atoms with E-state index in [1.165, 1.54) is 0 Å². The normalized spacial score (nSPS) is 10.5. The molecule has 2 aromatic rings. The molecule has 0 spiro atoms. The maximum Gasteiger partial charge on any atom is 0.284 e. The summed E-state index contributed by atoms with van der Waals surface area (Å²) in [4.78, 5) is 30.7. The smallest absolute Gasteiger partial charge is 0.284 e. The lowest BCUT2D eigenvalue weighted by Crippen LogP contribution is -2.20. The number of hydrogen-bond acceptors (Lipinski definition) is 3. The summed E-state index contributed by atoms with van der Waals surface area (Å²) in [6, 6.07) is 1.58. The molecular weight excluding hydrogens is 172 g/mol. The minimum absolute atomic E-state index is 0.139. The minimum Gasteiger partial charge on any atom is -0.363 e. The number of rotatable bonds is 1. The summed E-state index contributed by atoms with van der Waals surface area (Å²) in [5.74, 6) is -0.895. The van der Waals surface area contributed by atoms with Gasteiger partial charge in [0.1, 0.15) is 5.65 Å². The molecule has 1 amide bonds. The number of nitrogens with zero attached hydrogens (tertiary/aromatic N) is 1. The van der Waals surface area contributed by atoms with Gasteiger partial charge >= 0.3 is 0 Å². The van der Waals surface area contributed by atoms with E-state index in [4.69, 9.17) is 5.73 Å². The standard InChI is InChI=1S/C7H6N4O2/c8-4(12)6-10-5-3(1-2-9-5)7(13)11-6/h1-2H,(H2,8,12)(H2,9,10,11,13). The highest BCUT2D eigenvalue weighted by Crippen LogP contribution is 2.02. The fourth-order valence-electron chi connectivity index (χ4n) is 1.07. The Hall–Kier alpha value is -2.11. The second-order valence-electron chi connectivity index (χ2n) is 2.52. The average molecular weight is 178 g/mol. The number of hydrogen-bond donors (Lipinski definition) is 3. The molecular formula is C7H6N4O2. The second kappa shape index (κ2) is 2.44. The number of primary amides is 1. The Labute approximate surface area is 71.8 Å². The average Bonchev–Trinajstić information content (AvgIpc) is 2.51. The van der Waals surface area contributed by atoms with Gasteiger partial charge in [0.15, 0.2) is 0 Å². The van der Waals surface area contributed by atoms with Crippen molar-refractivity contribution in [2.24, 2.45) is 5.73 Å². The first-order valence-corrected chi connectivity index (χ1v) is 3.55. The van der Waals surface area contributed by atoms with E-state index in [0.717, 1.165) is 0 Å². The first-order valence-electron chi connectivity index (χ1n) is 3.55. The van der Waals surface area contributed by atoms with Gasteiger partial charge in [-0.25, -0.2) is 4.98 Å². The molecule has 6 nitrogen and oxygen atoms in total. The Kier molecular flexibility index (Phi) is 1.42. The highest BCUT2D eigenvalue weighted by atomic mass is 16.2. The van der Waals surface area contributed by atoms with Crippen LogP contribution >= 0.6 is 0 Å². The number of nitrogens with one attached hydrogen (secondary N) is 2. The highest BCUT2D eigenvalue weighted by Gasteiger charge is 2.07. The SMILES string of the molecule is NC(=O)c1nc2[nH]ccc2c(=O)[nH]1. The van der Waals surface area contributed by atoms with Crippen molar-refractivity contribution in [1.29, 1.82) is 0 Å². The fourth-order valence-corrected chi connectivity index (χ4v) is 1.07. The van der Waals surface area contributed by atoms with Gasteiger partial charge in [-0.3, -0.25) is 9.59 Å². The van der Waals surface area contributed by atoms with Crippen molar-refractivity contribution in [2.75, 3.05) is 0 Å². The number of aromatic amines is 2. The molecule has 0 radical (unpaired) electrons. The Morgan fingerprint density at radius 1 is 1.54 bits per heavy atom. The van der Waals surface area contributed by atoms with Crippen molar-refractivity contribution in [3.63, 3.8) is 0 Å². The van der Waals surface area contributed by atoms with Crippen LogP contribution in [0.1, 0.15) is 10.6 Å². The molecule has 0 aliphatic heterocycles. The third-order valence-electron chi connectivity index (χ3n) is 1.66. The molecule has 0 saturated carbocycles. The van der Waals surface area contributed by atoms with Crippen LogP contribution in [0.3, 0.4) is 0 Å². The second-order valence-corrected chi connectivity index (χ2v) is 2.52. The number of H-pyrrole nitrogens is 2.